The molecule has 2 N–H and O–H groups in total. The van der Waals surface area contributed by atoms with Crippen LogP contribution in [0.1, 0.15) is 11.3 Å². The lowest BCUT2D eigenvalue weighted by atomic mass is 9.99. The first-order chi connectivity index (χ1) is 8.16. The lowest BCUT2D eigenvalue weighted by Crippen LogP contribution is -2.38. The van der Waals surface area contributed by atoms with Crippen LogP contribution < -0.4 is 5.73 Å². The van der Waals surface area contributed by atoms with Gasteiger partial charge in [0, 0.05) is 11.9 Å². The Balaban J connectivity index is 2.26. The predicted molar refractivity (Wildman–Crippen MR) is 69.6 cm³/mol. The Bertz CT molecular complexity index is 448. The molecule has 0 spiro atoms. The number of carbonyl (C=O) groups is 1. The summed E-state index contributed by atoms with van der Waals surface area (Å²) in [6, 6.07) is 3.99. The molecular weight excluding hydrogens is 232 g/mol. The fourth-order valence-corrected chi connectivity index (χ4v) is 3.37. The van der Waals surface area contributed by atoms with Crippen molar-refractivity contribution >= 4 is 17.2 Å². The Labute approximate surface area is 106 Å². The van der Waals surface area contributed by atoms with Crippen LogP contribution >= 0.6 is 11.3 Å². The SMILES string of the molecule is C#CCN(C)C(=O)[C@@]1(c2cccs2)C[C@H]1CN. The molecular formula is C13H16N2OS. The van der Waals surface area contributed by atoms with E-state index >= 15 is 0 Å². The van der Waals surface area contributed by atoms with E-state index in [9.17, 15) is 4.79 Å². The molecule has 4 heteroatoms. The summed E-state index contributed by atoms with van der Waals surface area (Å²) in [6.45, 7) is 0.900. The minimum atomic E-state index is -0.394. The maximum absolute atomic E-state index is 12.5. The predicted octanol–water partition coefficient (Wildman–Crippen LogP) is 1.06. The van der Waals surface area contributed by atoms with Crippen molar-refractivity contribution in [3.8, 4) is 12.3 Å². The molecule has 1 aromatic heterocycles. The number of nitrogens with two attached hydrogens (primary N) is 1. The molecule has 2 rings (SSSR count). The molecule has 1 aliphatic carbocycles. The average molecular weight is 248 g/mol. The smallest absolute Gasteiger partial charge is 0.234 e. The molecule has 1 amide bonds. The number of carbonyl (C=O) groups excluding carboxylic acids is 1. The molecule has 0 unspecified atom stereocenters. The summed E-state index contributed by atoms with van der Waals surface area (Å²) in [6.07, 6.45) is 6.10. The molecule has 1 heterocycles. The van der Waals surface area contributed by atoms with E-state index in [0.717, 1.165) is 11.3 Å². The number of hydrogen-bond donors (Lipinski definition) is 1. The van der Waals surface area contributed by atoms with Crippen LogP contribution in [-0.2, 0) is 10.2 Å². The maximum Gasteiger partial charge on any atom is 0.234 e. The van der Waals surface area contributed by atoms with Gasteiger partial charge in [-0.05, 0) is 30.3 Å². The molecule has 1 fully saturated rings. The molecule has 90 valence electrons. The summed E-state index contributed by atoms with van der Waals surface area (Å²) >= 11 is 1.62. The van der Waals surface area contributed by atoms with Crippen molar-refractivity contribution in [2.75, 3.05) is 20.1 Å². The van der Waals surface area contributed by atoms with Gasteiger partial charge in [0.05, 0.1) is 12.0 Å². The number of likely N-dealkylation sites (N-methyl/N-ethyl adjacent to an activating group) is 1. The molecule has 1 saturated carbocycles. The standard InChI is InChI=1S/C13H16N2OS/c1-3-6-15(2)12(16)13(8-10(13)9-14)11-5-4-7-17-11/h1,4-5,7,10H,6,8-9,14H2,2H3/t10-,13-/m0/s1. The van der Waals surface area contributed by atoms with Gasteiger partial charge < -0.3 is 10.6 Å². The van der Waals surface area contributed by atoms with Crippen LogP contribution in [0.3, 0.4) is 0 Å². The molecule has 0 bridgehead atoms. The monoisotopic (exact) mass is 248 g/mol. The fourth-order valence-electron chi connectivity index (χ4n) is 2.37. The van der Waals surface area contributed by atoms with Crippen LogP contribution in [0, 0.1) is 18.3 Å². The fraction of sp³-hybridized carbons (Fsp3) is 0.462. The first-order valence-corrected chi connectivity index (χ1v) is 6.48. The number of rotatable bonds is 4. The van der Waals surface area contributed by atoms with Gasteiger partial charge in [0.25, 0.3) is 0 Å². The van der Waals surface area contributed by atoms with Crippen LogP contribution in [-0.4, -0.2) is 30.9 Å². The minimum absolute atomic E-state index is 0.105. The van der Waals surface area contributed by atoms with Crippen molar-refractivity contribution in [1.82, 2.24) is 4.90 Å². The summed E-state index contributed by atoms with van der Waals surface area (Å²) in [5.74, 6) is 2.87. The summed E-state index contributed by atoms with van der Waals surface area (Å²) in [5, 5.41) is 2.00. The largest absolute Gasteiger partial charge is 0.334 e. The van der Waals surface area contributed by atoms with Crippen molar-refractivity contribution < 1.29 is 4.79 Å². The molecule has 2 atom stereocenters. The van der Waals surface area contributed by atoms with Gasteiger partial charge in [0.2, 0.25) is 5.91 Å². The van der Waals surface area contributed by atoms with Gasteiger partial charge in [-0.25, -0.2) is 0 Å². The molecule has 0 aromatic carbocycles. The molecule has 3 nitrogen and oxygen atoms in total. The van der Waals surface area contributed by atoms with Crippen molar-refractivity contribution in [2.45, 2.75) is 11.8 Å². The van der Waals surface area contributed by atoms with Crippen molar-refractivity contribution in [3.05, 3.63) is 22.4 Å². The maximum atomic E-state index is 12.5. The lowest BCUT2D eigenvalue weighted by molar-refractivity contribution is -0.132. The number of terminal acetylenes is 1. The van der Waals surface area contributed by atoms with E-state index in [1.54, 1.807) is 23.3 Å². The van der Waals surface area contributed by atoms with E-state index in [4.69, 9.17) is 12.2 Å². The Morgan fingerprint density at radius 3 is 3.06 bits per heavy atom. The number of amides is 1. The Kier molecular flexibility index (Phi) is 3.23. The van der Waals surface area contributed by atoms with Gasteiger partial charge >= 0.3 is 0 Å². The zero-order valence-electron chi connectivity index (χ0n) is 9.85. The van der Waals surface area contributed by atoms with E-state index < -0.39 is 5.41 Å². The second-order valence-corrected chi connectivity index (χ2v) is 5.40. The Hall–Kier alpha value is -1.31. The van der Waals surface area contributed by atoms with E-state index in [1.807, 2.05) is 17.5 Å². The highest BCUT2D eigenvalue weighted by molar-refractivity contribution is 7.10. The highest BCUT2D eigenvalue weighted by Crippen LogP contribution is 2.56. The molecule has 1 aromatic rings. The highest BCUT2D eigenvalue weighted by Gasteiger charge is 2.61. The van der Waals surface area contributed by atoms with Crippen molar-refractivity contribution in [1.29, 1.82) is 0 Å². The zero-order chi connectivity index (χ0) is 12.5. The highest BCUT2D eigenvalue weighted by atomic mass is 32.1. The summed E-state index contributed by atoms with van der Waals surface area (Å²) < 4.78 is 0. The number of nitrogens with zero attached hydrogens (tertiary/aromatic N) is 1. The second-order valence-electron chi connectivity index (χ2n) is 4.45. The van der Waals surface area contributed by atoms with Gasteiger partial charge in [-0.1, -0.05) is 12.0 Å². The first-order valence-electron chi connectivity index (χ1n) is 5.60. The minimum Gasteiger partial charge on any atom is -0.334 e. The molecule has 17 heavy (non-hydrogen) atoms. The van der Waals surface area contributed by atoms with Gasteiger partial charge in [0.1, 0.15) is 0 Å². The van der Waals surface area contributed by atoms with Gasteiger partial charge in [-0.3, -0.25) is 4.79 Å². The molecule has 0 aliphatic heterocycles. The summed E-state index contributed by atoms with van der Waals surface area (Å²) in [5.41, 5.74) is 5.33. The topological polar surface area (TPSA) is 46.3 Å². The molecule has 0 radical (unpaired) electrons. The van der Waals surface area contributed by atoms with Crippen LogP contribution in [0.5, 0.6) is 0 Å². The Morgan fingerprint density at radius 2 is 2.59 bits per heavy atom. The third kappa shape index (κ3) is 1.86. The number of thiophene rings is 1. The zero-order valence-corrected chi connectivity index (χ0v) is 10.7. The van der Waals surface area contributed by atoms with Crippen LogP contribution in [0.25, 0.3) is 0 Å². The third-order valence-electron chi connectivity index (χ3n) is 3.41. The van der Waals surface area contributed by atoms with Crippen LogP contribution in [0.4, 0.5) is 0 Å². The molecule has 1 aliphatic rings. The van der Waals surface area contributed by atoms with E-state index in [0.29, 0.717) is 13.1 Å². The quantitative estimate of drug-likeness (QED) is 0.810. The number of hydrogen-bond acceptors (Lipinski definition) is 3. The summed E-state index contributed by atoms with van der Waals surface area (Å²) in [7, 11) is 1.75. The van der Waals surface area contributed by atoms with Crippen LogP contribution in [0.15, 0.2) is 17.5 Å². The van der Waals surface area contributed by atoms with E-state index in [-0.39, 0.29) is 11.8 Å². The van der Waals surface area contributed by atoms with E-state index in [2.05, 4.69) is 5.92 Å². The molecule has 0 saturated heterocycles. The average Bonchev–Trinajstić information content (AvgIpc) is 2.81. The van der Waals surface area contributed by atoms with Crippen molar-refractivity contribution in [3.63, 3.8) is 0 Å². The van der Waals surface area contributed by atoms with E-state index in [1.165, 1.54) is 0 Å². The Morgan fingerprint density at radius 1 is 1.82 bits per heavy atom. The first kappa shape index (κ1) is 12.2. The van der Waals surface area contributed by atoms with Gasteiger partial charge in [-0.2, -0.15) is 0 Å². The lowest BCUT2D eigenvalue weighted by Gasteiger charge is -2.22. The van der Waals surface area contributed by atoms with Crippen LogP contribution in [0.2, 0.25) is 0 Å². The third-order valence-corrected chi connectivity index (χ3v) is 4.45. The van der Waals surface area contributed by atoms with Gasteiger partial charge in [0.15, 0.2) is 0 Å². The van der Waals surface area contributed by atoms with Gasteiger partial charge in [-0.15, -0.1) is 17.8 Å². The summed E-state index contributed by atoms with van der Waals surface area (Å²) in [4.78, 5) is 15.2. The second kappa shape index (κ2) is 4.52. The van der Waals surface area contributed by atoms with Crippen molar-refractivity contribution in [2.24, 2.45) is 11.7 Å². The normalized spacial score (nSPS) is 26.3.